The lowest BCUT2D eigenvalue weighted by molar-refractivity contribution is -0.135. The summed E-state index contributed by atoms with van der Waals surface area (Å²) < 4.78 is 0. The molecule has 0 aromatic rings. The molecule has 1 saturated carbocycles. The molecule has 2 aliphatic rings. The van der Waals surface area contributed by atoms with Crippen molar-refractivity contribution in [3.05, 3.63) is 0 Å². The molecular weight excluding hydrogens is 206 g/mol. The number of nitrogens with zero attached hydrogens (tertiary/aromatic N) is 1. The minimum Gasteiger partial charge on any atom is -0.388 e. The van der Waals surface area contributed by atoms with Gasteiger partial charge < -0.3 is 15.1 Å². The Labute approximate surface area is 96.3 Å². The van der Waals surface area contributed by atoms with Crippen molar-refractivity contribution < 1.29 is 15.0 Å². The van der Waals surface area contributed by atoms with E-state index in [-0.39, 0.29) is 11.8 Å². The lowest BCUT2D eigenvalue weighted by Gasteiger charge is -2.21. The molecule has 1 saturated heterocycles. The van der Waals surface area contributed by atoms with Gasteiger partial charge in [0.15, 0.2) is 0 Å². The van der Waals surface area contributed by atoms with Crippen molar-refractivity contribution in [2.24, 2.45) is 5.92 Å². The van der Waals surface area contributed by atoms with Gasteiger partial charge in [-0.1, -0.05) is 25.7 Å². The summed E-state index contributed by atoms with van der Waals surface area (Å²) in [6, 6.07) is 0. The molecule has 1 aliphatic heterocycles. The van der Waals surface area contributed by atoms with Crippen molar-refractivity contribution in [2.45, 2.75) is 50.7 Å². The van der Waals surface area contributed by atoms with Crippen LogP contribution in [0, 0.1) is 5.92 Å². The van der Waals surface area contributed by atoms with Crippen molar-refractivity contribution in [3.8, 4) is 0 Å². The average Bonchev–Trinajstić information content (AvgIpc) is 2.51. The molecule has 0 unspecified atom stereocenters. The zero-order valence-corrected chi connectivity index (χ0v) is 9.64. The Bertz CT molecular complexity index is 235. The first kappa shape index (κ1) is 11.9. The summed E-state index contributed by atoms with van der Waals surface area (Å²) in [5.41, 5.74) is 0. The van der Waals surface area contributed by atoms with E-state index in [1.807, 2.05) is 0 Å². The number of carbonyl (C=O) groups is 1. The molecule has 4 heteroatoms. The number of carbonyl (C=O) groups excluding carboxylic acids is 1. The summed E-state index contributed by atoms with van der Waals surface area (Å²) in [5.74, 6) is 0.262. The predicted molar refractivity (Wildman–Crippen MR) is 59.8 cm³/mol. The van der Waals surface area contributed by atoms with E-state index in [2.05, 4.69) is 0 Å². The first-order valence-electron chi connectivity index (χ1n) is 6.33. The maximum atomic E-state index is 12.1. The third-order valence-electron chi connectivity index (χ3n) is 3.78. The Hall–Kier alpha value is -0.610. The van der Waals surface area contributed by atoms with E-state index in [4.69, 9.17) is 0 Å². The molecular formula is C12H21NO3. The Morgan fingerprint density at radius 2 is 1.44 bits per heavy atom. The third-order valence-corrected chi connectivity index (χ3v) is 3.78. The van der Waals surface area contributed by atoms with Crippen molar-refractivity contribution in [2.75, 3.05) is 13.1 Å². The molecule has 2 N–H and O–H groups in total. The number of amides is 1. The zero-order chi connectivity index (χ0) is 11.5. The smallest absolute Gasteiger partial charge is 0.225 e. The highest BCUT2D eigenvalue weighted by Gasteiger charge is 2.35. The molecule has 1 heterocycles. The van der Waals surface area contributed by atoms with Crippen LogP contribution in [-0.2, 0) is 4.79 Å². The normalized spacial score (nSPS) is 32.8. The minimum atomic E-state index is -0.755. The molecule has 2 atom stereocenters. The molecule has 2 fully saturated rings. The second-order valence-electron chi connectivity index (χ2n) is 5.07. The van der Waals surface area contributed by atoms with Gasteiger partial charge in [-0.2, -0.15) is 0 Å². The van der Waals surface area contributed by atoms with Gasteiger partial charge in [0, 0.05) is 19.0 Å². The topological polar surface area (TPSA) is 60.8 Å². The third kappa shape index (κ3) is 2.55. The van der Waals surface area contributed by atoms with E-state index in [0.717, 1.165) is 25.7 Å². The Morgan fingerprint density at radius 3 is 1.94 bits per heavy atom. The van der Waals surface area contributed by atoms with Crippen LogP contribution < -0.4 is 0 Å². The summed E-state index contributed by atoms with van der Waals surface area (Å²) in [4.78, 5) is 13.8. The number of likely N-dealkylation sites (tertiary alicyclic amines) is 1. The monoisotopic (exact) mass is 227 g/mol. The summed E-state index contributed by atoms with van der Waals surface area (Å²) in [6.45, 7) is 0.604. The Kier molecular flexibility index (Phi) is 3.82. The van der Waals surface area contributed by atoms with Crippen LogP contribution in [0.25, 0.3) is 0 Å². The highest BCUT2D eigenvalue weighted by atomic mass is 16.3. The van der Waals surface area contributed by atoms with Crippen molar-refractivity contribution in [1.82, 2.24) is 4.90 Å². The number of rotatable bonds is 1. The molecule has 0 spiro atoms. The van der Waals surface area contributed by atoms with Gasteiger partial charge in [0.1, 0.15) is 0 Å². The lowest BCUT2D eigenvalue weighted by atomic mass is 9.99. The number of aliphatic hydroxyl groups excluding tert-OH is 2. The van der Waals surface area contributed by atoms with Gasteiger partial charge in [-0.3, -0.25) is 4.79 Å². The van der Waals surface area contributed by atoms with Crippen LogP contribution >= 0.6 is 0 Å². The van der Waals surface area contributed by atoms with E-state index < -0.39 is 12.2 Å². The Morgan fingerprint density at radius 1 is 0.938 bits per heavy atom. The van der Waals surface area contributed by atoms with Gasteiger partial charge in [-0.25, -0.2) is 0 Å². The molecule has 4 nitrogen and oxygen atoms in total. The minimum absolute atomic E-state index is 0.125. The highest BCUT2D eigenvalue weighted by Crippen LogP contribution is 2.26. The van der Waals surface area contributed by atoms with Crippen LogP contribution in [0.1, 0.15) is 38.5 Å². The zero-order valence-electron chi connectivity index (χ0n) is 9.64. The van der Waals surface area contributed by atoms with Crippen molar-refractivity contribution >= 4 is 5.91 Å². The first-order chi connectivity index (χ1) is 7.68. The molecule has 0 radical (unpaired) electrons. The second kappa shape index (κ2) is 5.15. The number of aliphatic hydroxyl groups is 2. The fourth-order valence-electron chi connectivity index (χ4n) is 2.73. The van der Waals surface area contributed by atoms with Gasteiger partial charge in [0.25, 0.3) is 0 Å². The number of β-amino-alcohol motifs (C(OH)–C–C–N with tert-alkyl or cyclic N) is 2. The van der Waals surface area contributed by atoms with Crippen LogP contribution in [0.3, 0.4) is 0 Å². The summed E-state index contributed by atoms with van der Waals surface area (Å²) >= 11 is 0. The van der Waals surface area contributed by atoms with E-state index >= 15 is 0 Å². The molecule has 2 rings (SSSR count). The Balaban J connectivity index is 1.91. The molecule has 0 bridgehead atoms. The number of hydrogen-bond donors (Lipinski definition) is 2. The summed E-state index contributed by atoms with van der Waals surface area (Å²) in [5, 5.41) is 18.9. The molecule has 0 aromatic heterocycles. The lowest BCUT2D eigenvalue weighted by Crippen LogP contribution is -2.35. The van der Waals surface area contributed by atoms with Crippen molar-refractivity contribution in [3.63, 3.8) is 0 Å². The van der Waals surface area contributed by atoms with Crippen LogP contribution in [0.2, 0.25) is 0 Å². The predicted octanol–water partition coefficient (Wildman–Crippen LogP) is 0.521. The molecule has 92 valence electrons. The first-order valence-corrected chi connectivity index (χ1v) is 6.33. The molecule has 0 aromatic carbocycles. The standard InChI is InChI=1S/C12H21NO3/c14-10-7-13(8-11(10)15)12(16)9-5-3-1-2-4-6-9/h9-11,14-15H,1-8H2/t10-,11+. The quantitative estimate of drug-likeness (QED) is 0.642. The molecule has 16 heavy (non-hydrogen) atoms. The van der Waals surface area contributed by atoms with Gasteiger partial charge >= 0.3 is 0 Å². The van der Waals surface area contributed by atoms with Gasteiger partial charge in [0.05, 0.1) is 12.2 Å². The largest absolute Gasteiger partial charge is 0.388 e. The van der Waals surface area contributed by atoms with Crippen molar-refractivity contribution in [1.29, 1.82) is 0 Å². The van der Waals surface area contributed by atoms with Crippen LogP contribution in [-0.4, -0.2) is 46.3 Å². The number of hydrogen-bond acceptors (Lipinski definition) is 3. The summed E-state index contributed by atoms with van der Waals surface area (Å²) in [6.07, 6.45) is 5.17. The maximum Gasteiger partial charge on any atom is 0.225 e. The van der Waals surface area contributed by atoms with Gasteiger partial charge in [0.2, 0.25) is 5.91 Å². The van der Waals surface area contributed by atoms with E-state index in [0.29, 0.717) is 13.1 Å². The fourth-order valence-corrected chi connectivity index (χ4v) is 2.73. The molecule has 1 amide bonds. The second-order valence-corrected chi connectivity index (χ2v) is 5.07. The van der Waals surface area contributed by atoms with E-state index in [9.17, 15) is 15.0 Å². The maximum absolute atomic E-state index is 12.1. The SMILES string of the molecule is O=C(C1CCCCCC1)N1C[C@@H](O)[C@@H](O)C1. The van der Waals surface area contributed by atoms with Gasteiger partial charge in [-0.15, -0.1) is 0 Å². The summed E-state index contributed by atoms with van der Waals surface area (Å²) in [7, 11) is 0. The van der Waals surface area contributed by atoms with Gasteiger partial charge in [-0.05, 0) is 12.8 Å². The van der Waals surface area contributed by atoms with Crippen LogP contribution in [0.15, 0.2) is 0 Å². The van der Waals surface area contributed by atoms with Crippen LogP contribution in [0.5, 0.6) is 0 Å². The highest BCUT2D eigenvalue weighted by molar-refractivity contribution is 5.79. The molecule has 1 aliphatic carbocycles. The fraction of sp³-hybridized carbons (Fsp3) is 0.917. The average molecular weight is 227 g/mol. The van der Waals surface area contributed by atoms with Crippen LogP contribution in [0.4, 0.5) is 0 Å². The van der Waals surface area contributed by atoms with E-state index in [1.54, 1.807) is 4.90 Å². The van der Waals surface area contributed by atoms with E-state index in [1.165, 1.54) is 12.8 Å².